The van der Waals surface area contributed by atoms with E-state index in [0.717, 1.165) is 5.56 Å². The lowest BCUT2D eigenvalue weighted by atomic mass is 9.99. The fraction of sp³-hybridized carbons (Fsp3) is 0.348. The van der Waals surface area contributed by atoms with Crippen molar-refractivity contribution in [1.29, 1.82) is 0 Å². The lowest BCUT2D eigenvalue weighted by Crippen LogP contribution is -2.31. The summed E-state index contributed by atoms with van der Waals surface area (Å²) in [5, 5.41) is 16.0. The average molecular weight is 480 g/mol. The zero-order valence-electron chi connectivity index (χ0n) is 18.1. The Labute approximate surface area is 197 Å². The van der Waals surface area contributed by atoms with Crippen LogP contribution in [0, 0.1) is 0 Å². The molecular weight excluding hydrogens is 453 g/mol. The van der Waals surface area contributed by atoms with E-state index in [1.807, 2.05) is 6.07 Å². The van der Waals surface area contributed by atoms with Gasteiger partial charge in [-0.3, -0.25) is 14.6 Å². The summed E-state index contributed by atoms with van der Waals surface area (Å²) < 4.78 is 5.37. The van der Waals surface area contributed by atoms with Crippen molar-refractivity contribution in [2.75, 3.05) is 13.2 Å². The Hall–Kier alpha value is -2.61. The van der Waals surface area contributed by atoms with Crippen LogP contribution in [0.1, 0.15) is 42.7 Å². The zero-order valence-corrected chi connectivity index (χ0v) is 19.6. The maximum absolute atomic E-state index is 12.3. The van der Waals surface area contributed by atoms with Crippen molar-refractivity contribution in [3.63, 3.8) is 0 Å². The van der Waals surface area contributed by atoms with Crippen molar-refractivity contribution in [3.8, 4) is 5.75 Å². The number of benzene rings is 1. The van der Waals surface area contributed by atoms with E-state index in [-0.39, 0.29) is 25.0 Å². The fourth-order valence-electron chi connectivity index (χ4n) is 2.63. The van der Waals surface area contributed by atoms with Crippen LogP contribution in [0.3, 0.4) is 0 Å². The normalized spacial score (nSPS) is 11.0. The summed E-state index contributed by atoms with van der Waals surface area (Å²) in [7, 11) is 0. The summed E-state index contributed by atoms with van der Waals surface area (Å²) in [6.45, 7) is 7.34. The molecule has 0 aliphatic heterocycles. The van der Waals surface area contributed by atoms with Gasteiger partial charge in [-0.25, -0.2) is 0 Å². The van der Waals surface area contributed by atoms with E-state index in [2.05, 4.69) is 22.2 Å². The molecule has 9 heteroatoms. The first kappa shape index (κ1) is 25.6. The topological polar surface area (TPSA) is 101 Å². The third-order valence-electron chi connectivity index (χ3n) is 4.37. The SMILES string of the molecule is C=C(CCNC(=O)c1cc(CCC(C)(C)O)ccn1)NC(=O)COc1ccc(Cl)c(Cl)c1. The third kappa shape index (κ3) is 9.26. The highest BCUT2D eigenvalue weighted by atomic mass is 35.5. The van der Waals surface area contributed by atoms with E-state index in [1.54, 1.807) is 38.2 Å². The number of amides is 2. The lowest BCUT2D eigenvalue weighted by Gasteiger charge is -2.16. The first-order valence-corrected chi connectivity index (χ1v) is 10.8. The van der Waals surface area contributed by atoms with Crippen molar-refractivity contribution in [2.45, 2.75) is 38.7 Å². The fourth-order valence-corrected chi connectivity index (χ4v) is 2.92. The summed E-state index contributed by atoms with van der Waals surface area (Å²) in [4.78, 5) is 28.4. The molecule has 0 saturated carbocycles. The summed E-state index contributed by atoms with van der Waals surface area (Å²) >= 11 is 11.7. The Morgan fingerprint density at radius 1 is 1.19 bits per heavy atom. The maximum Gasteiger partial charge on any atom is 0.269 e. The van der Waals surface area contributed by atoms with Crippen LogP contribution in [-0.4, -0.2) is 40.7 Å². The van der Waals surface area contributed by atoms with Crippen LogP contribution in [0.25, 0.3) is 0 Å². The van der Waals surface area contributed by atoms with E-state index in [0.29, 0.717) is 46.4 Å². The monoisotopic (exact) mass is 479 g/mol. The molecule has 0 unspecified atom stereocenters. The first-order valence-electron chi connectivity index (χ1n) is 10.0. The highest BCUT2D eigenvalue weighted by molar-refractivity contribution is 6.42. The van der Waals surface area contributed by atoms with Crippen LogP contribution < -0.4 is 15.4 Å². The van der Waals surface area contributed by atoms with Gasteiger partial charge in [-0.15, -0.1) is 0 Å². The van der Waals surface area contributed by atoms with Crippen molar-refractivity contribution in [3.05, 3.63) is 70.1 Å². The van der Waals surface area contributed by atoms with Crippen LogP contribution >= 0.6 is 23.2 Å². The molecule has 172 valence electrons. The second-order valence-corrected chi connectivity index (χ2v) is 8.70. The minimum atomic E-state index is -0.774. The molecular formula is C23H27Cl2N3O4. The molecule has 32 heavy (non-hydrogen) atoms. The van der Waals surface area contributed by atoms with E-state index in [9.17, 15) is 14.7 Å². The number of nitrogens with zero attached hydrogens (tertiary/aromatic N) is 1. The summed E-state index contributed by atoms with van der Waals surface area (Å²) in [5.74, 6) is -0.282. The molecule has 0 saturated heterocycles. The summed E-state index contributed by atoms with van der Waals surface area (Å²) in [5.41, 5.74) is 0.886. The minimum Gasteiger partial charge on any atom is -0.484 e. The van der Waals surface area contributed by atoms with Gasteiger partial charge in [0.2, 0.25) is 0 Å². The van der Waals surface area contributed by atoms with Gasteiger partial charge in [0.05, 0.1) is 15.6 Å². The largest absolute Gasteiger partial charge is 0.484 e. The molecule has 3 N–H and O–H groups in total. The third-order valence-corrected chi connectivity index (χ3v) is 5.11. The van der Waals surface area contributed by atoms with Crippen LogP contribution in [0.4, 0.5) is 0 Å². The first-order chi connectivity index (χ1) is 15.0. The second kappa shape index (κ2) is 11.9. The number of rotatable bonds is 11. The maximum atomic E-state index is 12.3. The van der Waals surface area contributed by atoms with E-state index >= 15 is 0 Å². The number of carbonyl (C=O) groups is 2. The summed E-state index contributed by atoms with van der Waals surface area (Å²) in [6.07, 6.45) is 3.14. The second-order valence-electron chi connectivity index (χ2n) is 7.88. The van der Waals surface area contributed by atoms with Crippen LogP contribution in [0.5, 0.6) is 5.75 Å². The molecule has 0 bridgehead atoms. The highest BCUT2D eigenvalue weighted by Crippen LogP contribution is 2.26. The molecule has 0 aliphatic carbocycles. The number of aliphatic hydroxyl groups is 1. The van der Waals surface area contributed by atoms with Gasteiger partial charge in [-0.1, -0.05) is 29.8 Å². The van der Waals surface area contributed by atoms with Gasteiger partial charge >= 0.3 is 0 Å². The lowest BCUT2D eigenvalue weighted by molar-refractivity contribution is -0.122. The Morgan fingerprint density at radius 3 is 2.62 bits per heavy atom. The smallest absolute Gasteiger partial charge is 0.269 e. The average Bonchev–Trinajstić information content (AvgIpc) is 2.72. The molecule has 0 atom stereocenters. The molecule has 7 nitrogen and oxygen atoms in total. The number of aryl methyl sites for hydroxylation is 1. The van der Waals surface area contributed by atoms with Gasteiger partial charge in [0.1, 0.15) is 11.4 Å². The van der Waals surface area contributed by atoms with Gasteiger partial charge in [0.25, 0.3) is 11.8 Å². The van der Waals surface area contributed by atoms with E-state index in [4.69, 9.17) is 27.9 Å². The number of hydrogen-bond acceptors (Lipinski definition) is 5. The van der Waals surface area contributed by atoms with Gasteiger partial charge < -0.3 is 20.5 Å². The molecule has 2 aromatic rings. The van der Waals surface area contributed by atoms with E-state index < -0.39 is 5.60 Å². The predicted molar refractivity (Wildman–Crippen MR) is 125 cm³/mol. The number of nitrogens with one attached hydrogen (secondary N) is 2. The molecule has 0 fully saturated rings. The number of pyridine rings is 1. The molecule has 2 rings (SSSR count). The number of hydrogen-bond donors (Lipinski definition) is 3. The Morgan fingerprint density at radius 2 is 1.94 bits per heavy atom. The molecule has 0 spiro atoms. The van der Waals surface area contributed by atoms with E-state index in [1.165, 1.54) is 6.07 Å². The minimum absolute atomic E-state index is 0.218. The van der Waals surface area contributed by atoms with Gasteiger partial charge in [0.15, 0.2) is 6.61 Å². The molecule has 1 heterocycles. The molecule has 2 amide bonds. The standard InChI is InChI=1S/C23H27Cl2N3O4/c1-15(28-21(29)14-32-17-4-5-18(24)19(25)13-17)7-10-27-22(30)20-12-16(8-11-26-20)6-9-23(2,3)31/h4-5,8,11-13,31H,1,6-7,9-10,14H2,2-3H3,(H,27,30)(H,28,29). The van der Waals surface area contributed by atoms with Crippen LogP contribution in [0.2, 0.25) is 10.0 Å². The molecule has 0 aliphatic rings. The predicted octanol–water partition coefficient (Wildman–Crippen LogP) is 3.92. The molecule has 1 aromatic carbocycles. The van der Waals surface area contributed by atoms with Crippen molar-refractivity contribution < 1.29 is 19.4 Å². The van der Waals surface area contributed by atoms with Crippen molar-refractivity contribution >= 4 is 35.0 Å². The Bertz CT molecular complexity index is 974. The zero-order chi connectivity index (χ0) is 23.7. The number of ether oxygens (including phenoxy) is 1. The Balaban J connectivity index is 1.72. The van der Waals surface area contributed by atoms with Gasteiger partial charge in [-0.2, -0.15) is 0 Å². The van der Waals surface area contributed by atoms with Crippen molar-refractivity contribution in [1.82, 2.24) is 15.6 Å². The quantitative estimate of drug-likeness (QED) is 0.453. The van der Waals surface area contributed by atoms with Crippen LogP contribution in [-0.2, 0) is 11.2 Å². The Kier molecular flexibility index (Phi) is 9.50. The number of halogens is 2. The van der Waals surface area contributed by atoms with Gasteiger partial charge in [-0.05, 0) is 56.5 Å². The number of carbonyl (C=O) groups excluding carboxylic acids is 2. The van der Waals surface area contributed by atoms with Crippen LogP contribution in [0.15, 0.2) is 48.8 Å². The highest BCUT2D eigenvalue weighted by Gasteiger charge is 2.14. The molecule has 1 aromatic heterocycles. The molecule has 0 radical (unpaired) electrons. The number of aromatic nitrogens is 1. The summed E-state index contributed by atoms with van der Waals surface area (Å²) in [6, 6.07) is 8.24. The van der Waals surface area contributed by atoms with Gasteiger partial charge in [0, 0.05) is 30.9 Å². The van der Waals surface area contributed by atoms with Crippen molar-refractivity contribution in [2.24, 2.45) is 0 Å².